The maximum atomic E-state index is 10.6. The van der Waals surface area contributed by atoms with E-state index in [1.54, 1.807) is 12.2 Å². The molecular formula is C27H39NO7. The molecular weight excluding hydrogens is 450 g/mol. The molecule has 2 heterocycles. The van der Waals surface area contributed by atoms with Crippen molar-refractivity contribution in [3.63, 3.8) is 0 Å². The average molecular weight is 490 g/mol. The third-order valence-corrected chi connectivity index (χ3v) is 5.19. The van der Waals surface area contributed by atoms with Gasteiger partial charge in [0.2, 0.25) is 0 Å². The summed E-state index contributed by atoms with van der Waals surface area (Å²) >= 11 is 0. The summed E-state index contributed by atoms with van der Waals surface area (Å²) in [4.78, 5) is 0. The summed E-state index contributed by atoms with van der Waals surface area (Å²) in [5, 5.41) is 10.6. The van der Waals surface area contributed by atoms with Gasteiger partial charge in [-0.1, -0.05) is 45.1 Å². The molecule has 3 rings (SSSR count). The van der Waals surface area contributed by atoms with Crippen LogP contribution >= 0.6 is 0 Å². The first kappa shape index (κ1) is 27.1. The number of nitrogens with two attached hydrogens (primary N) is 1. The molecule has 3 unspecified atom stereocenters. The van der Waals surface area contributed by atoms with Gasteiger partial charge >= 0.3 is 0 Å². The highest BCUT2D eigenvalue weighted by atomic mass is 16.6. The van der Waals surface area contributed by atoms with Crippen LogP contribution in [0.25, 0.3) is 0 Å². The fourth-order valence-corrected chi connectivity index (χ4v) is 3.12. The van der Waals surface area contributed by atoms with Crippen LogP contribution in [0.15, 0.2) is 71.6 Å². The minimum Gasteiger partial charge on any atom is -0.487 e. The first-order valence-corrected chi connectivity index (χ1v) is 12.2. The molecule has 0 radical (unpaired) electrons. The molecule has 8 nitrogen and oxygen atoms in total. The van der Waals surface area contributed by atoms with Crippen LogP contribution in [0.5, 0.6) is 0 Å². The summed E-state index contributed by atoms with van der Waals surface area (Å²) in [6.07, 6.45) is 15.4. The second kappa shape index (κ2) is 13.5. The molecule has 8 heteroatoms. The van der Waals surface area contributed by atoms with Crippen LogP contribution < -0.4 is 5.73 Å². The van der Waals surface area contributed by atoms with Crippen molar-refractivity contribution in [1.29, 1.82) is 0 Å². The monoisotopic (exact) mass is 489 g/mol. The topological polar surface area (TPSA) is 108 Å². The summed E-state index contributed by atoms with van der Waals surface area (Å²) in [5.41, 5.74) is 5.37. The normalized spacial score (nSPS) is 24.4. The Labute approximate surface area is 208 Å². The van der Waals surface area contributed by atoms with Crippen molar-refractivity contribution in [2.45, 2.75) is 45.5 Å². The molecule has 3 aliphatic rings. The van der Waals surface area contributed by atoms with Gasteiger partial charge in [0.25, 0.3) is 0 Å². The highest BCUT2D eigenvalue weighted by molar-refractivity contribution is 5.32. The standard InChI is InChI=1S/C27H39NO7/c1-4-8-23(34-18-21-16-30-21)24(9-5-6-12-28)32-14-20(29)15-33-25-10-7-11-27(2,3)13-26(25)35-19-22-17-31-22/h5-11,13,20-22,29H,4,12,14-19,28H2,1-3H3/b6-5-,23-8+,24-9+. The Morgan fingerprint density at radius 2 is 1.86 bits per heavy atom. The zero-order chi connectivity index (χ0) is 25.1. The molecule has 2 aliphatic heterocycles. The Hall–Kier alpha value is -2.52. The number of epoxide rings is 2. The number of ether oxygens (including phenoxy) is 6. The van der Waals surface area contributed by atoms with Crippen molar-refractivity contribution < 1.29 is 33.5 Å². The highest BCUT2D eigenvalue weighted by Crippen LogP contribution is 2.29. The van der Waals surface area contributed by atoms with Gasteiger partial charge in [0, 0.05) is 12.0 Å². The molecule has 0 saturated carbocycles. The highest BCUT2D eigenvalue weighted by Gasteiger charge is 2.27. The Kier molecular flexibility index (Phi) is 10.5. The molecule has 0 aromatic heterocycles. The lowest BCUT2D eigenvalue weighted by Crippen LogP contribution is -2.23. The van der Waals surface area contributed by atoms with E-state index >= 15 is 0 Å². The zero-order valence-corrected chi connectivity index (χ0v) is 21.0. The lowest BCUT2D eigenvalue weighted by molar-refractivity contribution is 0.0108. The number of aliphatic hydroxyl groups excluding tert-OH is 1. The largest absolute Gasteiger partial charge is 0.487 e. The van der Waals surface area contributed by atoms with Gasteiger partial charge in [0.1, 0.15) is 44.7 Å². The molecule has 2 saturated heterocycles. The van der Waals surface area contributed by atoms with Crippen LogP contribution in [-0.4, -0.2) is 69.6 Å². The van der Waals surface area contributed by atoms with Crippen molar-refractivity contribution in [3.8, 4) is 0 Å². The predicted octanol–water partition coefficient (Wildman–Crippen LogP) is 3.27. The summed E-state index contributed by atoms with van der Waals surface area (Å²) in [7, 11) is 0. The van der Waals surface area contributed by atoms with Crippen LogP contribution in [-0.2, 0) is 28.4 Å². The van der Waals surface area contributed by atoms with Gasteiger partial charge < -0.3 is 39.3 Å². The molecule has 0 bridgehead atoms. The summed E-state index contributed by atoms with van der Waals surface area (Å²) in [5.74, 6) is 2.33. The smallest absolute Gasteiger partial charge is 0.160 e. The van der Waals surface area contributed by atoms with E-state index in [4.69, 9.17) is 34.2 Å². The lowest BCUT2D eigenvalue weighted by Gasteiger charge is -2.20. The van der Waals surface area contributed by atoms with Crippen LogP contribution in [0.1, 0.15) is 27.2 Å². The quantitative estimate of drug-likeness (QED) is 0.193. The Bertz CT molecular complexity index is 861. The van der Waals surface area contributed by atoms with Crippen LogP contribution in [0.4, 0.5) is 0 Å². The van der Waals surface area contributed by atoms with E-state index in [0.717, 1.165) is 6.42 Å². The Balaban J connectivity index is 1.57. The van der Waals surface area contributed by atoms with E-state index in [9.17, 15) is 5.11 Å². The van der Waals surface area contributed by atoms with Crippen LogP contribution in [0, 0.1) is 5.41 Å². The van der Waals surface area contributed by atoms with Crippen LogP contribution in [0.3, 0.4) is 0 Å². The SMILES string of the molecule is CC\C=C(OCC1CO1)/C(=C\C=C/CN)OCC(O)COC1=CC=CC(C)(C)C=C1OCC1CO1. The second-order valence-corrected chi connectivity index (χ2v) is 9.20. The number of aliphatic hydroxyl groups is 1. The predicted molar refractivity (Wildman–Crippen MR) is 133 cm³/mol. The molecule has 0 amide bonds. The second-order valence-electron chi connectivity index (χ2n) is 9.20. The summed E-state index contributed by atoms with van der Waals surface area (Å²) in [6.45, 7) is 9.02. The van der Waals surface area contributed by atoms with E-state index in [-0.39, 0.29) is 30.8 Å². The minimum atomic E-state index is -0.874. The van der Waals surface area contributed by atoms with Gasteiger partial charge in [-0.05, 0) is 30.7 Å². The molecule has 0 spiro atoms. The molecule has 3 N–H and O–H groups in total. The van der Waals surface area contributed by atoms with Gasteiger partial charge in [-0.15, -0.1) is 0 Å². The van der Waals surface area contributed by atoms with E-state index in [1.165, 1.54) is 0 Å². The summed E-state index contributed by atoms with van der Waals surface area (Å²) in [6, 6.07) is 0. The van der Waals surface area contributed by atoms with Crippen LogP contribution in [0.2, 0.25) is 0 Å². The fourth-order valence-electron chi connectivity index (χ4n) is 3.12. The molecule has 2 fully saturated rings. The van der Waals surface area contributed by atoms with E-state index < -0.39 is 6.10 Å². The summed E-state index contributed by atoms with van der Waals surface area (Å²) < 4.78 is 34.2. The average Bonchev–Trinajstić information content (AvgIpc) is 3.73. The number of rotatable bonds is 16. The maximum absolute atomic E-state index is 10.6. The Morgan fingerprint density at radius 1 is 1.11 bits per heavy atom. The van der Waals surface area contributed by atoms with Gasteiger partial charge in [0.15, 0.2) is 23.0 Å². The van der Waals surface area contributed by atoms with Gasteiger partial charge in [-0.3, -0.25) is 0 Å². The van der Waals surface area contributed by atoms with Crippen molar-refractivity contribution >= 4 is 0 Å². The van der Waals surface area contributed by atoms with Crippen molar-refractivity contribution in [3.05, 3.63) is 71.6 Å². The first-order valence-electron chi connectivity index (χ1n) is 12.2. The van der Waals surface area contributed by atoms with E-state index in [0.29, 0.717) is 56.0 Å². The third-order valence-electron chi connectivity index (χ3n) is 5.19. The number of allylic oxidation sites excluding steroid dienone is 7. The van der Waals surface area contributed by atoms with Crippen molar-refractivity contribution in [2.24, 2.45) is 11.1 Å². The van der Waals surface area contributed by atoms with Gasteiger partial charge in [0.05, 0.1) is 13.2 Å². The molecule has 0 aromatic rings. The zero-order valence-electron chi connectivity index (χ0n) is 21.0. The molecule has 1 aliphatic carbocycles. The molecule has 3 atom stereocenters. The van der Waals surface area contributed by atoms with Crippen molar-refractivity contribution in [2.75, 3.05) is 46.2 Å². The maximum Gasteiger partial charge on any atom is 0.160 e. The van der Waals surface area contributed by atoms with E-state index in [2.05, 4.69) is 19.9 Å². The minimum absolute atomic E-state index is 0.0249. The molecule has 35 heavy (non-hydrogen) atoms. The van der Waals surface area contributed by atoms with Gasteiger partial charge in [-0.25, -0.2) is 0 Å². The Morgan fingerprint density at radius 3 is 2.54 bits per heavy atom. The first-order chi connectivity index (χ1) is 16.9. The third kappa shape index (κ3) is 10.3. The lowest BCUT2D eigenvalue weighted by atomic mass is 9.93. The van der Waals surface area contributed by atoms with Gasteiger partial charge in [-0.2, -0.15) is 0 Å². The molecule has 194 valence electrons. The van der Waals surface area contributed by atoms with Crippen molar-refractivity contribution in [1.82, 2.24) is 0 Å². The molecule has 0 aromatic carbocycles. The number of hydrogen-bond acceptors (Lipinski definition) is 8. The van der Waals surface area contributed by atoms with E-state index in [1.807, 2.05) is 37.3 Å². The fraction of sp³-hybridized carbons (Fsp3) is 0.556. The number of hydrogen-bond donors (Lipinski definition) is 2.